The van der Waals surface area contributed by atoms with Crippen molar-refractivity contribution in [3.05, 3.63) is 72.4 Å². The standard InChI is InChI=1S/C15H13F2N3O3S/c16-12-5-4-11(9-13(12)17)24(21,22)19-10-14(15-3-1-8-23-15)20-7-2-6-18-20/h1-9,14,19H,10H2. The van der Waals surface area contributed by atoms with Crippen LogP contribution in [-0.2, 0) is 10.0 Å². The van der Waals surface area contributed by atoms with Gasteiger partial charge in [-0.3, -0.25) is 4.68 Å². The Morgan fingerprint density at radius 3 is 2.67 bits per heavy atom. The number of rotatable bonds is 6. The smallest absolute Gasteiger partial charge is 0.240 e. The predicted octanol–water partition coefficient (Wildman–Crippen LogP) is 2.32. The Bertz CT molecular complexity index is 875. The molecular formula is C15H13F2N3O3S. The van der Waals surface area contributed by atoms with Crippen molar-refractivity contribution in [2.75, 3.05) is 6.54 Å². The van der Waals surface area contributed by atoms with E-state index >= 15 is 0 Å². The molecule has 3 rings (SSSR count). The summed E-state index contributed by atoms with van der Waals surface area (Å²) in [5.74, 6) is -1.84. The summed E-state index contributed by atoms with van der Waals surface area (Å²) < 4.78 is 60.0. The lowest BCUT2D eigenvalue weighted by Gasteiger charge is -2.16. The molecule has 2 aromatic heterocycles. The van der Waals surface area contributed by atoms with E-state index in [4.69, 9.17) is 4.42 Å². The summed E-state index contributed by atoms with van der Waals surface area (Å²) in [5.41, 5.74) is 0. The molecule has 0 bridgehead atoms. The average molecular weight is 353 g/mol. The van der Waals surface area contributed by atoms with Crippen LogP contribution in [0.15, 0.2) is 64.4 Å². The normalized spacial score (nSPS) is 13.1. The number of aromatic nitrogens is 2. The number of hydrogen-bond acceptors (Lipinski definition) is 4. The Balaban J connectivity index is 1.82. The zero-order chi connectivity index (χ0) is 17.2. The van der Waals surface area contributed by atoms with Gasteiger partial charge in [0.15, 0.2) is 11.6 Å². The molecule has 1 N–H and O–H groups in total. The highest BCUT2D eigenvalue weighted by molar-refractivity contribution is 7.89. The third kappa shape index (κ3) is 3.36. The molecule has 1 atom stereocenters. The molecule has 0 radical (unpaired) electrons. The molecule has 1 aromatic carbocycles. The summed E-state index contributed by atoms with van der Waals surface area (Å²) >= 11 is 0. The highest BCUT2D eigenvalue weighted by Gasteiger charge is 2.22. The minimum absolute atomic E-state index is 0.0729. The second-order valence-corrected chi connectivity index (χ2v) is 6.71. The van der Waals surface area contributed by atoms with Gasteiger partial charge in [-0.2, -0.15) is 5.10 Å². The van der Waals surface area contributed by atoms with Crippen LogP contribution in [0.5, 0.6) is 0 Å². The van der Waals surface area contributed by atoms with Gasteiger partial charge in [0.25, 0.3) is 0 Å². The van der Waals surface area contributed by atoms with Crippen LogP contribution >= 0.6 is 0 Å². The summed E-state index contributed by atoms with van der Waals surface area (Å²) in [4.78, 5) is -0.361. The number of nitrogens with zero attached hydrogens (tertiary/aromatic N) is 2. The van der Waals surface area contributed by atoms with Crippen LogP contribution in [-0.4, -0.2) is 24.7 Å². The van der Waals surface area contributed by atoms with E-state index in [2.05, 4.69) is 9.82 Å². The molecule has 0 amide bonds. The van der Waals surface area contributed by atoms with Gasteiger partial charge >= 0.3 is 0 Å². The molecule has 6 nitrogen and oxygen atoms in total. The topological polar surface area (TPSA) is 77.1 Å². The van der Waals surface area contributed by atoms with E-state index in [0.717, 1.165) is 12.1 Å². The third-order valence-corrected chi connectivity index (χ3v) is 4.81. The lowest BCUT2D eigenvalue weighted by Crippen LogP contribution is -2.31. The number of furan rings is 1. The van der Waals surface area contributed by atoms with Crippen molar-refractivity contribution < 1.29 is 21.6 Å². The number of halogens is 2. The van der Waals surface area contributed by atoms with E-state index in [1.165, 1.54) is 10.9 Å². The van der Waals surface area contributed by atoms with Gasteiger partial charge in [-0.1, -0.05) is 0 Å². The highest BCUT2D eigenvalue weighted by atomic mass is 32.2. The first kappa shape index (κ1) is 16.3. The van der Waals surface area contributed by atoms with E-state index in [0.29, 0.717) is 11.8 Å². The molecule has 9 heteroatoms. The first-order valence-electron chi connectivity index (χ1n) is 6.94. The number of hydrogen-bond donors (Lipinski definition) is 1. The Morgan fingerprint density at radius 1 is 1.21 bits per heavy atom. The summed E-state index contributed by atoms with van der Waals surface area (Å²) in [7, 11) is -4.02. The minimum Gasteiger partial charge on any atom is -0.467 e. The second kappa shape index (κ2) is 6.54. The van der Waals surface area contributed by atoms with Crippen LogP contribution in [0.1, 0.15) is 11.8 Å². The van der Waals surface area contributed by atoms with Crippen LogP contribution in [0.25, 0.3) is 0 Å². The third-order valence-electron chi connectivity index (χ3n) is 3.38. The first-order valence-corrected chi connectivity index (χ1v) is 8.43. The highest BCUT2D eigenvalue weighted by Crippen LogP contribution is 2.19. The van der Waals surface area contributed by atoms with Crippen molar-refractivity contribution in [3.8, 4) is 0 Å². The van der Waals surface area contributed by atoms with Crippen molar-refractivity contribution in [1.82, 2.24) is 14.5 Å². The quantitative estimate of drug-likeness (QED) is 0.738. The van der Waals surface area contributed by atoms with Gasteiger partial charge in [0.2, 0.25) is 10.0 Å². The minimum atomic E-state index is -4.02. The van der Waals surface area contributed by atoms with Gasteiger partial charge in [-0.15, -0.1) is 0 Å². The monoisotopic (exact) mass is 353 g/mol. The Morgan fingerprint density at radius 2 is 2.04 bits per heavy atom. The molecule has 24 heavy (non-hydrogen) atoms. The Kier molecular flexibility index (Phi) is 4.45. The van der Waals surface area contributed by atoms with E-state index in [1.54, 1.807) is 30.6 Å². The number of sulfonamides is 1. The number of nitrogens with one attached hydrogen (secondary N) is 1. The summed E-state index contributed by atoms with van der Waals surface area (Å²) in [5, 5.41) is 4.08. The van der Waals surface area contributed by atoms with Crippen LogP contribution in [0, 0.1) is 11.6 Å². The summed E-state index contributed by atoms with van der Waals surface area (Å²) in [6.07, 6.45) is 4.69. The lowest BCUT2D eigenvalue weighted by atomic mass is 10.2. The average Bonchev–Trinajstić information content (AvgIpc) is 3.24. The maximum Gasteiger partial charge on any atom is 0.240 e. The Hall–Kier alpha value is -2.52. The van der Waals surface area contributed by atoms with Crippen molar-refractivity contribution in [2.24, 2.45) is 0 Å². The van der Waals surface area contributed by atoms with Gasteiger partial charge < -0.3 is 4.42 Å². The molecule has 126 valence electrons. The molecule has 0 saturated heterocycles. The maximum absolute atomic E-state index is 13.3. The van der Waals surface area contributed by atoms with E-state index < -0.39 is 27.7 Å². The molecule has 0 saturated carbocycles. The van der Waals surface area contributed by atoms with Gasteiger partial charge in [-0.25, -0.2) is 21.9 Å². The molecular weight excluding hydrogens is 340 g/mol. The largest absolute Gasteiger partial charge is 0.467 e. The summed E-state index contributed by atoms with van der Waals surface area (Å²) in [6, 6.07) is 6.94. The van der Waals surface area contributed by atoms with E-state index in [9.17, 15) is 17.2 Å². The van der Waals surface area contributed by atoms with Crippen molar-refractivity contribution in [3.63, 3.8) is 0 Å². The fraction of sp³-hybridized carbons (Fsp3) is 0.133. The molecule has 0 aliphatic rings. The van der Waals surface area contributed by atoms with Crippen LogP contribution in [0.3, 0.4) is 0 Å². The van der Waals surface area contributed by atoms with Crippen LogP contribution < -0.4 is 4.72 Å². The zero-order valence-electron chi connectivity index (χ0n) is 12.3. The molecule has 2 heterocycles. The first-order chi connectivity index (χ1) is 11.5. The molecule has 3 aromatic rings. The van der Waals surface area contributed by atoms with Crippen molar-refractivity contribution in [2.45, 2.75) is 10.9 Å². The van der Waals surface area contributed by atoms with Crippen LogP contribution in [0.4, 0.5) is 8.78 Å². The molecule has 1 unspecified atom stereocenters. The predicted molar refractivity (Wildman–Crippen MR) is 80.6 cm³/mol. The number of benzene rings is 1. The molecule has 0 spiro atoms. The van der Waals surface area contributed by atoms with E-state index in [1.807, 2.05) is 0 Å². The van der Waals surface area contributed by atoms with Gasteiger partial charge in [0.05, 0.1) is 11.2 Å². The van der Waals surface area contributed by atoms with E-state index in [-0.39, 0.29) is 11.4 Å². The fourth-order valence-electron chi connectivity index (χ4n) is 2.19. The zero-order valence-corrected chi connectivity index (χ0v) is 13.1. The summed E-state index contributed by atoms with van der Waals surface area (Å²) in [6.45, 7) is -0.0729. The molecule has 0 aliphatic heterocycles. The lowest BCUT2D eigenvalue weighted by molar-refractivity contribution is 0.402. The Labute approximate surface area is 136 Å². The van der Waals surface area contributed by atoms with Crippen LogP contribution in [0.2, 0.25) is 0 Å². The van der Waals surface area contributed by atoms with Gasteiger partial charge in [0.1, 0.15) is 11.8 Å². The van der Waals surface area contributed by atoms with Crippen molar-refractivity contribution >= 4 is 10.0 Å². The van der Waals surface area contributed by atoms with Crippen molar-refractivity contribution in [1.29, 1.82) is 0 Å². The second-order valence-electron chi connectivity index (χ2n) is 4.95. The maximum atomic E-state index is 13.3. The van der Waals surface area contributed by atoms with Gasteiger partial charge in [0, 0.05) is 18.9 Å². The SMILES string of the molecule is O=S(=O)(NCC(c1ccco1)n1cccn1)c1ccc(F)c(F)c1. The fourth-order valence-corrected chi connectivity index (χ4v) is 3.24. The molecule has 0 aliphatic carbocycles. The molecule has 0 fully saturated rings. The van der Waals surface area contributed by atoms with Gasteiger partial charge in [-0.05, 0) is 36.4 Å².